The quantitative estimate of drug-likeness (QED) is 0.819. The van der Waals surface area contributed by atoms with Crippen molar-refractivity contribution < 1.29 is 4.79 Å². The van der Waals surface area contributed by atoms with E-state index in [-0.39, 0.29) is 30.7 Å². The Hall–Kier alpha value is -1.89. The van der Waals surface area contributed by atoms with Gasteiger partial charge in [-0.3, -0.25) is 9.36 Å². The predicted octanol–water partition coefficient (Wildman–Crippen LogP) is 1.76. The Balaban J connectivity index is 0.00000132. The molecule has 1 amide bonds. The number of imidazole rings is 1. The monoisotopic (exact) mass is 355 g/mol. The zero-order chi connectivity index (χ0) is 14.5. The third-order valence-electron chi connectivity index (χ3n) is 3.41. The van der Waals surface area contributed by atoms with E-state index in [0.717, 1.165) is 19.5 Å². The van der Waals surface area contributed by atoms with Gasteiger partial charge >= 0.3 is 0 Å². The van der Waals surface area contributed by atoms with Gasteiger partial charge in [-0.05, 0) is 25.1 Å². The van der Waals surface area contributed by atoms with Crippen LogP contribution in [0.1, 0.15) is 16.8 Å². The Morgan fingerprint density at radius 1 is 1.35 bits per heavy atom. The van der Waals surface area contributed by atoms with Gasteiger partial charge in [0.25, 0.3) is 5.91 Å². The van der Waals surface area contributed by atoms with E-state index < -0.39 is 0 Å². The third kappa shape index (κ3) is 5.06. The molecule has 2 aromatic rings. The summed E-state index contributed by atoms with van der Waals surface area (Å²) in [6, 6.07) is 3.47. The second-order valence-corrected chi connectivity index (χ2v) is 4.87. The highest BCUT2D eigenvalue weighted by molar-refractivity contribution is 5.94. The first-order chi connectivity index (χ1) is 10.3. The van der Waals surface area contributed by atoms with Crippen molar-refractivity contribution in [3.8, 4) is 5.82 Å². The average molecular weight is 356 g/mol. The number of nitrogens with one attached hydrogen (secondary N) is 2. The number of hydrogen-bond acceptors (Lipinski definition) is 4. The van der Waals surface area contributed by atoms with Crippen molar-refractivity contribution in [2.75, 3.05) is 19.6 Å². The van der Waals surface area contributed by atoms with Crippen LogP contribution in [-0.2, 0) is 0 Å². The summed E-state index contributed by atoms with van der Waals surface area (Å²) in [4.78, 5) is 20.4. The molecule has 0 atom stereocenters. The van der Waals surface area contributed by atoms with Gasteiger partial charge in [0.05, 0.1) is 0 Å². The number of pyridine rings is 1. The lowest BCUT2D eigenvalue weighted by molar-refractivity contribution is 0.0956. The van der Waals surface area contributed by atoms with Crippen LogP contribution in [0.25, 0.3) is 5.82 Å². The van der Waals surface area contributed by atoms with Crippen molar-refractivity contribution in [3.63, 3.8) is 0 Å². The molecule has 0 fully saturated rings. The molecule has 0 radical (unpaired) electrons. The number of aromatic nitrogens is 3. The fourth-order valence-electron chi connectivity index (χ4n) is 2.22. The normalized spacial score (nSPS) is 13.3. The van der Waals surface area contributed by atoms with E-state index in [0.29, 0.717) is 17.9 Å². The maximum Gasteiger partial charge on any atom is 0.251 e. The van der Waals surface area contributed by atoms with Crippen LogP contribution in [-0.4, -0.2) is 40.1 Å². The Labute approximate surface area is 147 Å². The minimum atomic E-state index is -0.0850. The first-order valence-electron chi connectivity index (χ1n) is 6.94. The molecule has 0 bridgehead atoms. The SMILES string of the molecule is Cl.Cl.O=C(NCC1=CCNCC1)c1ccnc(-n2ccnc2)c1. The summed E-state index contributed by atoms with van der Waals surface area (Å²) < 4.78 is 1.77. The number of carbonyl (C=O) groups is 1. The molecule has 0 aromatic carbocycles. The number of halogens is 2. The molecule has 0 spiro atoms. The van der Waals surface area contributed by atoms with Crippen molar-refractivity contribution in [3.05, 3.63) is 54.3 Å². The second kappa shape index (κ2) is 9.29. The molecule has 2 aromatic heterocycles. The number of amides is 1. The number of nitrogens with zero attached hydrogens (tertiary/aromatic N) is 3. The summed E-state index contributed by atoms with van der Waals surface area (Å²) in [5, 5.41) is 6.20. The molecule has 8 heteroatoms. The first kappa shape index (κ1) is 19.2. The van der Waals surface area contributed by atoms with Crippen molar-refractivity contribution in [2.24, 2.45) is 0 Å². The molecule has 0 saturated heterocycles. The van der Waals surface area contributed by atoms with E-state index in [4.69, 9.17) is 0 Å². The summed E-state index contributed by atoms with van der Waals surface area (Å²) in [5.41, 5.74) is 1.87. The van der Waals surface area contributed by atoms with Crippen LogP contribution in [0.5, 0.6) is 0 Å². The lowest BCUT2D eigenvalue weighted by atomic mass is 10.1. The molecular formula is C15H19Cl2N5O. The fraction of sp³-hybridized carbons (Fsp3) is 0.267. The highest BCUT2D eigenvalue weighted by Crippen LogP contribution is 2.08. The Kier molecular flexibility index (Phi) is 7.74. The van der Waals surface area contributed by atoms with Gasteiger partial charge in [0.2, 0.25) is 0 Å². The number of rotatable bonds is 4. The zero-order valence-electron chi connectivity index (χ0n) is 12.4. The summed E-state index contributed by atoms with van der Waals surface area (Å²) in [6.45, 7) is 2.45. The van der Waals surface area contributed by atoms with E-state index in [1.54, 1.807) is 41.6 Å². The van der Waals surface area contributed by atoms with Gasteiger partial charge in [-0.15, -0.1) is 24.8 Å². The lowest BCUT2D eigenvalue weighted by Crippen LogP contribution is -2.29. The summed E-state index contributed by atoms with van der Waals surface area (Å²) >= 11 is 0. The van der Waals surface area contributed by atoms with Crippen LogP contribution in [0.15, 0.2) is 48.7 Å². The summed E-state index contributed by atoms with van der Waals surface area (Å²) in [5.74, 6) is 0.597. The van der Waals surface area contributed by atoms with Gasteiger partial charge in [0.15, 0.2) is 0 Å². The number of carbonyl (C=O) groups excluding carboxylic acids is 1. The Morgan fingerprint density at radius 2 is 2.22 bits per heavy atom. The molecule has 23 heavy (non-hydrogen) atoms. The van der Waals surface area contributed by atoms with Gasteiger partial charge < -0.3 is 10.6 Å². The van der Waals surface area contributed by atoms with Crippen LogP contribution in [0.4, 0.5) is 0 Å². The van der Waals surface area contributed by atoms with Crippen molar-refractivity contribution in [1.82, 2.24) is 25.2 Å². The zero-order valence-corrected chi connectivity index (χ0v) is 14.1. The van der Waals surface area contributed by atoms with E-state index in [9.17, 15) is 4.79 Å². The molecule has 2 N–H and O–H groups in total. The molecule has 0 aliphatic carbocycles. The van der Waals surface area contributed by atoms with Gasteiger partial charge in [-0.2, -0.15) is 0 Å². The van der Waals surface area contributed by atoms with Crippen LogP contribution in [0.2, 0.25) is 0 Å². The van der Waals surface area contributed by atoms with Crippen LogP contribution in [0.3, 0.4) is 0 Å². The second-order valence-electron chi connectivity index (χ2n) is 4.87. The van der Waals surface area contributed by atoms with Crippen molar-refractivity contribution in [1.29, 1.82) is 0 Å². The molecule has 6 nitrogen and oxygen atoms in total. The molecular weight excluding hydrogens is 337 g/mol. The standard InChI is InChI=1S/C15H17N5O.2ClH/c21-15(19-10-12-1-4-16-5-2-12)13-3-6-18-14(9-13)20-8-7-17-11-20;;/h1,3,6-9,11,16H,2,4-5,10H2,(H,19,21);2*1H. The summed E-state index contributed by atoms with van der Waals surface area (Å²) in [7, 11) is 0. The highest BCUT2D eigenvalue weighted by atomic mass is 35.5. The largest absolute Gasteiger partial charge is 0.348 e. The smallest absolute Gasteiger partial charge is 0.251 e. The minimum absolute atomic E-state index is 0. The molecule has 0 saturated carbocycles. The van der Waals surface area contributed by atoms with Gasteiger partial charge in [0.1, 0.15) is 12.1 Å². The molecule has 3 rings (SSSR count). The van der Waals surface area contributed by atoms with Gasteiger partial charge in [0, 0.05) is 37.2 Å². The first-order valence-corrected chi connectivity index (χ1v) is 6.94. The van der Waals surface area contributed by atoms with Crippen LogP contribution in [0, 0.1) is 0 Å². The maximum absolute atomic E-state index is 12.2. The van der Waals surface area contributed by atoms with E-state index in [1.807, 2.05) is 0 Å². The topological polar surface area (TPSA) is 71.8 Å². The minimum Gasteiger partial charge on any atom is -0.348 e. The molecule has 3 heterocycles. The van der Waals surface area contributed by atoms with Crippen LogP contribution >= 0.6 is 24.8 Å². The van der Waals surface area contributed by atoms with Gasteiger partial charge in [-0.25, -0.2) is 9.97 Å². The average Bonchev–Trinajstić information content (AvgIpc) is 3.08. The molecule has 0 unspecified atom stereocenters. The van der Waals surface area contributed by atoms with Crippen LogP contribution < -0.4 is 10.6 Å². The molecule has 1 aliphatic rings. The summed E-state index contributed by atoms with van der Waals surface area (Å²) in [6.07, 6.45) is 9.88. The third-order valence-corrected chi connectivity index (χ3v) is 3.41. The van der Waals surface area contributed by atoms with Crippen molar-refractivity contribution >= 4 is 30.7 Å². The van der Waals surface area contributed by atoms with Gasteiger partial charge in [-0.1, -0.05) is 11.6 Å². The highest BCUT2D eigenvalue weighted by Gasteiger charge is 2.09. The predicted molar refractivity (Wildman–Crippen MR) is 93.8 cm³/mol. The van der Waals surface area contributed by atoms with Crippen molar-refractivity contribution in [2.45, 2.75) is 6.42 Å². The lowest BCUT2D eigenvalue weighted by Gasteiger charge is -2.14. The number of hydrogen-bond donors (Lipinski definition) is 2. The maximum atomic E-state index is 12.2. The molecule has 1 aliphatic heterocycles. The van der Waals surface area contributed by atoms with E-state index >= 15 is 0 Å². The Morgan fingerprint density at radius 3 is 2.91 bits per heavy atom. The van der Waals surface area contributed by atoms with E-state index in [1.165, 1.54) is 5.57 Å². The Bertz CT molecular complexity index is 658. The molecule has 124 valence electrons. The van der Waals surface area contributed by atoms with E-state index in [2.05, 4.69) is 26.7 Å². The fourth-order valence-corrected chi connectivity index (χ4v) is 2.22.